The topological polar surface area (TPSA) is 24.5 Å². The van der Waals surface area contributed by atoms with E-state index in [4.69, 9.17) is 4.74 Å². The van der Waals surface area contributed by atoms with Crippen LogP contribution in [-0.4, -0.2) is 50.3 Å². The predicted octanol–water partition coefficient (Wildman–Crippen LogP) is 1.88. The van der Waals surface area contributed by atoms with E-state index in [9.17, 15) is 0 Å². The smallest absolute Gasteiger partial charge is 0.0480 e. The summed E-state index contributed by atoms with van der Waals surface area (Å²) in [6.45, 7) is 9.15. The third kappa shape index (κ3) is 5.36. The van der Waals surface area contributed by atoms with Crippen LogP contribution in [0.3, 0.4) is 0 Å². The van der Waals surface area contributed by atoms with E-state index < -0.39 is 0 Å². The Morgan fingerprint density at radius 1 is 1.12 bits per heavy atom. The van der Waals surface area contributed by atoms with Gasteiger partial charge in [0.25, 0.3) is 0 Å². The lowest BCUT2D eigenvalue weighted by atomic mass is 10.1. The Kier molecular flexibility index (Phi) is 5.75. The standard InChI is InChI=1S/C14H28N2O/c1-2-8-16(12-13-3-4-13)9-7-15-14-5-10-17-11-6-14/h13-15H,2-12H2,1H3. The van der Waals surface area contributed by atoms with Crippen molar-refractivity contribution in [2.45, 2.75) is 45.1 Å². The zero-order valence-electron chi connectivity index (χ0n) is 11.3. The van der Waals surface area contributed by atoms with E-state index in [2.05, 4.69) is 17.1 Å². The first kappa shape index (κ1) is 13.3. The van der Waals surface area contributed by atoms with Crippen LogP contribution < -0.4 is 5.32 Å². The van der Waals surface area contributed by atoms with Crippen LogP contribution in [0, 0.1) is 5.92 Å². The molecule has 0 spiro atoms. The maximum absolute atomic E-state index is 5.38. The Balaban J connectivity index is 1.56. The first-order chi connectivity index (χ1) is 8.38. The lowest BCUT2D eigenvalue weighted by Gasteiger charge is -2.26. The maximum Gasteiger partial charge on any atom is 0.0480 e. The van der Waals surface area contributed by atoms with Crippen molar-refractivity contribution in [3.8, 4) is 0 Å². The summed E-state index contributed by atoms with van der Waals surface area (Å²) in [5.74, 6) is 1.02. The Hall–Kier alpha value is -0.120. The Morgan fingerprint density at radius 2 is 1.88 bits per heavy atom. The molecule has 17 heavy (non-hydrogen) atoms. The average molecular weight is 240 g/mol. The highest BCUT2D eigenvalue weighted by Crippen LogP contribution is 2.29. The Morgan fingerprint density at radius 3 is 2.53 bits per heavy atom. The van der Waals surface area contributed by atoms with Gasteiger partial charge < -0.3 is 15.0 Å². The first-order valence-electron chi connectivity index (χ1n) is 7.42. The van der Waals surface area contributed by atoms with Crippen LogP contribution >= 0.6 is 0 Å². The van der Waals surface area contributed by atoms with Gasteiger partial charge in [-0.2, -0.15) is 0 Å². The number of hydrogen-bond donors (Lipinski definition) is 1. The SMILES string of the molecule is CCCN(CCNC1CCOCC1)CC1CC1. The lowest BCUT2D eigenvalue weighted by molar-refractivity contribution is 0.0771. The molecule has 2 aliphatic rings. The minimum Gasteiger partial charge on any atom is -0.381 e. The molecule has 2 fully saturated rings. The second-order valence-electron chi connectivity index (χ2n) is 5.58. The molecule has 1 aliphatic heterocycles. The van der Waals surface area contributed by atoms with E-state index in [1.165, 1.54) is 51.7 Å². The summed E-state index contributed by atoms with van der Waals surface area (Å²) in [4.78, 5) is 2.64. The molecule has 2 rings (SSSR count). The second kappa shape index (κ2) is 7.34. The van der Waals surface area contributed by atoms with Crippen molar-refractivity contribution in [3.05, 3.63) is 0 Å². The largest absolute Gasteiger partial charge is 0.381 e. The molecule has 3 heteroatoms. The van der Waals surface area contributed by atoms with Gasteiger partial charge in [0.1, 0.15) is 0 Å². The highest BCUT2D eigenvalue weighted by Gasteiger charge is 2.23. The van der Waals surface area contributed by atoms with Crippen LogP contribution in [0.25, 0.3) is 0 Å². The molecular weight excluding hydrogens is 212 g/mol. The van der Waals surface area contributed by atoms with E-state index >= 15 is 0 Å². The van der Waals surface area contributed by atoms with Gasteiger partial charge in [-0.3, -0.25) is 0 Å². The monoisotopic (exact) mass is 240 g/mol. The van der Waals surface area contributed by atoms with Gasteiger partial charge in [0.05, 0.1) is 0 Å². The summed E-state index contributed by atoms with van der Waals surface area (Å²) < 4.78 is 5.38. The van der Waals surface area contributed by atoms with E-state index in [1.54, 1.807) is 0 Å². The Bertz CT molecular complexity index is 200. The molecule has 100 valence electrons. The number of rotatable bonds is 8. The van der Waals surface area contributed by atoms with Crippen LogP contribution in [-0.2, 0) is 4.74 Å². The number of nitrogens with zero attached hydrogens (tertiary/aromatic N) is 1. The van der Waals surface area contributed by atoms with Crippen LogP contribution in [0.1, 0.15) is 39.0 Å². The maximum atomic E-state index is 5.38. The molecule has 0 aromatic carbocycles. The van der Waals surface area contributed by atoms with Crippen molar-refractivity contribution in [1.82, 2.24) is 10.2 Å². The van der Waals surface area contributed by atoms with E-state index in [1.807, 2.05) is 0 Å². The summed E-state index contributed by atoms with van der Waals surface area (Å²) in [6, 6.07) is 0.702. The molecule has 1 saturated heterocycles. The molecule has 0 aromatic heterocycles. The molecule has 3 nitrogen and oxygen atoms in total. The molecule has 0 atom stereocenters. The fourth-order valence-corrected chi connectivity index (χ4v) is 2.60. The van der Waals surface area contributed by atoms with E-state index in [-0.39, 0.29) is 0 Å². The summed E-state index contributed by atoms with van der Waals surface area (Å²) in [5.41, 5.74) is 0. The zero-order chi connectivity index (χ0) is 11.9. The van der Waals surface area contributed by atoms with Crippen molar-refractivity contribution in [1.29, 1.82) is 0 Å². The van der Waals surface area contributed by atoms with Crippen LogP contribution in [0.4, 0.5) is 0 Å². The molecule has 0 amide bonds. The van der Waals surface area contributed by atoms with Crippen molar-refractivity contribution >= 4 is 0 Å². The molecule has 0 aromatic rings. The van der Waals surface area contributed by atoms with Crippen LogP contribution in [0.5, 0.6) is 0 Å². The normalized spacial score (nSPS) is 22.2. The number of nitrogens with one attached hydrogen (secondary N) is 1. The van der Waals surface area contributed by atoms with Gasteiger partial charge in [-0.25, -0.2) is 0 Å². The number of hydrogen-bond acceptors (Lipinski definition) is 3. The van der Waals surface area contributed by atoms with Gasteiger partial charge in [0.2, 0.25) is 0 Å². The third-order valence-corrected chi connectivity index (χ3v) is 3.84. The fourth-order valence-electron chi connectivity index (χ4n) is 2.60. The number of ether oxygens (including phenoxy) is 1. The molecule has 0 bridgehead atoms. The molecular formula is C14H28N2O. The predicted molar refractivity (Wildman–Crippen MR) is 71.3 cm³/mol. The van der Waals surface area contributed by atoms with Crippen LogP contribution in [0.15, 0.2) is 0 Å². The van der Waals surface area contributed by atoms with Gasteiger partial charge in [-0.05, 0) is 44.6 Å². The van der Waals surface area contributed by atoms with Gasteiger partial charge in [0, 0.05) is 38.9 Å². The summed E-state index contributed by atoms with van der Waals surface area (Å²) in [6.07, 6.45) is 6.60. The van der Waals surface area contributed by atoms with Crippen molar-refractivity contribution < 1.29 is 4.74 Å². The van der Waals surface area contributed by atoms with Crippen molar-refractivity contribution in [2.24, 2.45) is 5.92 Å². The van der Waals surface area contributed by atoms with Crippen LogP contribution in [0.2, 0.25) is 0 Å². The van der Waals surface area contributed by atoms with Gasteiger partial charge in [-0.15, -0.1) is 0 Å². The van der Waals surface area contributed by atoms with Gasteiger partial charge in [0.15, 0.2) is 0 Å². The van der Waals surface area contributed by atoms with Gasteiger partial charge >= 0.3 is 0 Å². The quantitative estimate of drug-likeness (QED) is 0.701. The molecule has 1 N–H and O–H groups in total. The van der Waals surface area contributed by atoms with Gasteiger partial charge in [-0.1, -0.05) is 6.92 Å². The summed E-state index contributed by atoms with van der Waals surface area (Å²) in [5, 5.41) is 3.68. The van der Waals surface area contributed by atoms with Crippen molar-refractivity contribution in [2.75, 3.05) is 39.4 Å². The zero-order valence-corrected chi connectivity index (χ0v) is 11.3. The van der Waals surface area contributed by atoms with Crippen molar-refractivity contribution in [3.63, 3.8) is 0 Å². The average Bonchev–Trinajstić information content (AvgIpc) is 3.15. The fraction of sp³-hybridized carbons (Fsp3) is 1.00. The summed E-state index contributed by atoms with van der Waals surface area (Å²) in [7, 11) is 0. The molecule has 1 heterocycles. The van der Waals surface area contributed by atoms with E-state index in [0.29, 0.717) is 6.04 Å². The molecule has 0 unspecified atom stereocenters. The highest BCUT2D eigenvalue weighted by molar-refractivity contribution is 4.78. The Labute approximate surface area is 106 Å². The van der Waals surface area contributed by atoms with E-state index in [0.717, 1.165) is 25.7 Å². The summed E-state index contributed by atoms with van der Waals surface area (Å²) >= 11 is 0. The third-order valence-electron chi connectivity index (χ3n) is 3.84. The second-order valence-corrected chi connectivity index (χ2v) is 5.58. The minimum atomic E-state index is 0.702. The molecule has 1 aliphatic carbocycles. The lowest BCUT2D eigenvalue weighted by Crippen LogP contribution is -2.40. The first-order valence-corrected chi connectivity index (χ1v) is 7.42. The molecule has 1 saturated carbocycles. The molecule has 0 radical (unpaired) electrons. The highest BCUT2D eigenvalue weighted by atomic mass is 16.5. The minimum absolute atomic E-state index is 0.702.